The Morgan fingerprint density at radius 1 is 1.32 bits per heavy atom. The summed E-state index contributed by atoms with van der Waals surface area (Å²) < 4.78 is 16.9. The van der Waals surface area contributed by atoms with Crippen LogP contribution in [0.15, 0.2) is 4.99 Å². The molecule has 25 heavy (non-hydrogen) atoms. The first-order chi connectivity index (χ1) is 12.2. The minimum atomic E-state index is 0.219. The van der Waals surface area contributed by atoms with E-state index in [9.17, 15) is 0 Å². The van der Waals surface area contributed by atoms with Gasteiger partial charge in [-0.15, -0.1) is 0 Å². The zero-order valence-electron chi connectivity index (χ0n) is 16.1. The van der Waals surface area contributed by atoms with E-state index in [4.69, 9.17) is 14.2 Å². The highest BCUT2D eigenvalue weighted by molar-refractivity contribution is 5.79. The lowest BCUT2D eigenvalue weighted by Crippen LogP contribution is -2.50. The molecule has 2 N–H and O–H groups in total. The van der Waals surface area contributed by atoms with Crippen LogP contribution in [-0.4, -0.2) is 89.3 Å². The van der Waals surface area contributed by atoms with Gasteiger partial charge in [-0.25, -0.2) is 0 Å². The van der Waals surface area contributed by atoms with Crippen molar-refractivity contribution >= 4 is 5.96 Å². The number of guanidine groups is 1. The fourth-order valence-electron chi connectivity index (χ4n) is 3.19. The monoisotopic (exact) mass is 356 g/mol. The second kappa shape index (κ2) is 11.7. The van der Waals surface area contributed by atoms with Gasteiger partial charge in [0.25, 0.3) is 0 Å². The molecule has 2 saturated heterocycles. The topological polar surface area (TPSA) is 67.4 Å². The molecule has 0 aromatic heterocycles. The Kier molecular flexibility index (Phi) is 9.54. The number of ether oxygens (including phenoxy) is 3. The Bertz CT molecular complexity index is 387. The van der Waals surface area contributed by atoms with E-state index < -0.39 is 0 Å². The van der Waals surface area contributed by atoms with Crippen LogP contribution in [0.25, 0.3) is 0 Å². The van der Waals surface area contributed by atoms with Crippen LogP contribution < -0.4 is 10.6 Å². The van der Waals surface area contributed by atoms with Crippen molar-refractivity contribution in [1.82, 2.24) is 15.5 Å². The van der Waals surface area contributed by atoms with E-state index in [1.807, 2.05) is 0 Å². The fourth-order valence-corrected chi connectivity index (χ4v) is 3.19. The molecule has 2 unspecified atom stereocenters. The lowest BCUT2D eigenvalue weighted by molar-refractivity contribution is -0.0284. The van der Waals surface area contributed by atoms with E-state index >= 15 is 0 Å². The first-order valence-electron chi connectivity index (χ1n) is 9.65. The Labute approximate surface area is 152 Å². The van der Waals surface area contributed by atoms with Crippen LogP contribution in [0, 0.1) is 5.92 Å². The Hall–Kier alpha value is -0.890. The third-order valence-corrected chi connectivity index (χ3v) is 4.42. The molecule has 0 aromatic rings. The molecule has 0 radical (unpaired) electrons. The lowest BCUT2D eigenvalue weighted by Gasteiger charge is -2.34. The molecule has 0 spiro atoms. The van der Waals surface area contributed by atoms with Crippen LogP contribution in [0.4, 0.5) is 0 Å². The normalized spacial score (nSPS) is 25.5. The van der Waals surface area contributed by atoms with Gasteiger partial charge in [0.15, 0.2) is 5.96 Å². The van der Waals surface area contributed by atoms with Crippen LogP contribution in [-0.2, 0) is 14.2 Å². The summed E-state index contributed by atoms with van der Waals surface area (Å²) in [7, 11) is 1.80. The van der Waals surface area contributed by atoms with Gasteiger partial charge < -0.3 is 24.8 Å². The van der Waals surface area contributed by atoms with Crippen LogP contribution in [0.3, 0.4) is 0 Å². The molecule has 2 atom stereocenters. The summed E-state index contributed by atoms with van der Waals surface area (Å²) in [4.78, 5) is 6.77. The Balaban J connectivity index is 1.54. The Morgan fingerprint density at radius 2 is 2.20 bits per heavy atom. The van der Waals surface area contributed by atoms with E-state index in [1.54, 1.807) is 7.05 Å². The summed E-state index contributed by atoms with van der Waals surface area (Å²) in [5, 5.41) is 6.71. The average Bonchev–Trinajstić information content (AvgIpc) is 3.10. The molecule has 2 aliphatic heterocycles. The molecule has 7 heteroatoms. The molecule has 7 nitrogen and oxygen atoms in total. The summed E-state index contributed by atoms with van der Waals surface area (Å²) in [6.45, 7) is 12.5. The zero-order valence-corrected chi connectivity index (χ0v) is 16.1. The van der Waals surface area contributed by atoms with Gasteiger partial charge in [0, 0.05) is 53.0 Å². The maximum Gasteiger partial charge on any atom is 0.191 e. The molecular weight excluding hydrogens is 320 g/mol. The lowest BCUT2D eigenvalue weighted by atomic mass is 10.2. The predicted molar refractivity (Wildman–Crippen MR) is 100 cm³/mol. The molecule has 146 valence electrons. The maximum absolute atomic E-state index is 5.87. The van der Waals surface area contributed by atoms with Crippen molar-refractivity contribution in [1.29, 1.82) is 0 Å². The van der Waals surface area contributed by atoms with E-state index in [0.29, 0.717) is 5.92 Å². The van der Waals surface area contributed by atoms with Gasteiger partial charge in [0.1, 0.15) is 0 Å². The van der Waals surface area contributed by atoms with Crippen LogP contribution in [0.5, 0.6) is 0 Å². The first kappa shape index (κ1) is 20.4. The Morgan fingerprint density at radius 3 is 2.92 bits per heavy atom. The molecule has 2 fully saturated rings. The summed E-state index contributed by atoms with van der Waals surface area (Å²) in [5.41, 5.74) is 0. The standard InChI is InChI=1S/C18H36N4O3/c1-15(2)12-22-7-10-25-17(13-22)11-21-18(19-3)20-6-4-8-24-16-5-9-23-14-16/h15-17H,4-14H2,1-3H3,(H2,19,20,21). The van der Waals surface area contributed by atoms with Gasteiger partial charge in [-0.2, -0.15) is 0 Å². The summed E-state index contributed by atoms with van der Waals surface area (Å²) in [5.74, 6) is 1.52. The number of nitrogens with zero attached hydrogens (tertiary/aromatic N) is 2. The zero-order chi connectivity index (χ0) is 17.9. The van der Waals surface area contributed by atoms with Crippen molar-refractivity contribution in [2.45, 2.75) is 38.9 Å². The fraction of sp³-hybridized carbons (Fsp3) is 0.944. The number of rotatable bonds is 9. The van der Waals surface area contributed by atoms with Crippen LogP contribution >= 0.6 is 0 Å². The quantitative estimate of drug-likeness (QED) is 0.360. The molecule has 2 heterocycles. The predicted octanol–water partition coefficient (Wildman–Crippen LogP) is 0.704. The molecule has 0 amide bonds. The molecule has 0 bridgehead atoms. The molecule has 2 rings (SSSR count). The number of nitrogens with one attached hydrogen (secondary N) is 2. The van der Waals surface area contributed by atoms with Gasteiger partial charge in [-0.3, -0.25) is 9.89 Å². The van der Waals surface area contributed by atoms with E-state index in [0.717, 1.165) is 78.0 Å². The average molecular weight is 357 g/mol. The molecule has 0 saturated carbocycles. The van der Waals surface area contributed by atoms with Crippen molar-refractivity contribution in [3.63, 3.8) is 0 Å². The van der Waals surface area contributed by atoms with Crippen molar-refractivity contribution in [2.75, 3.05) is 66.2 Å². The highest BCUT2D eigenvalue weighted by atomic mass is 16.5. The maximum atomic E-state index is 5.87. The van der Waals surface area contributed by atoms with E-state index in [2.05, 4.69) is 34.4 Å². The summed E-state index contributed by atoms with van der Waals surface area (Å²) >= 11 is 0. The third kappa shape index (κ3) is 8.35. The first-order valence-corrected chi connectivity index (χ1v) is 9.65. The molecule has 2 aliphatic rings. The second-order valence-electron chi connectivity index (χ2n) is 7.24. The number of hydrogen-bond donors (Lipinski definition) is 2. The minimum absolute atomic E-state index is 0.219. The summed E-state index contributed by atoms with van der Waals surface area (Å²) in [6, 6.07) is 0. The van der Waals surface area contributed by atoms with E-state index in [1.165, 1.54) is 0 Å². The molecular formula is C18H36N4O3. The van der Waals surface area contributed by atoms with Gasteiger partial charge in [0.05, 0.1) is 25.4 Å². The van der Waals surface area contributed by atoms with Crippen LogP contribution in [0.1, 0.15) is 26.7 Å². The van der Waals surface area contributed by atoms with E-state index in [-0.39, 0.29) is 12.2 Å². The third-order valence-electron chi connectivity index (χ3n) is 4.42. The molecule has 0 aliphatic carbocycles. The highest BCUT2D eigenvalue weighted by Crippen LogP contribution is 2.08. The number of hydrogen-bond acceptors (Lipinski definition) is 5. The highest BCUT2D eigenvalue weighted by Gasteiger charge is 2.21. The van der Waals surface area contributed by atoms with Crippen LogP contribution in [0.2, 0.25) is 0 Å². The van der Waals surface area contributed by atoms with Crippen molar-refractivity contribution in [2.24, 2.45) is 10.9 Å². The van der Waals surface area contributed by atoms with Gasteiger partial charge in [-0.1, -0.05) is 13.8 Å². The van der Waals surface area contributed by atoms with Crippen molar-refractivity contribution in [3.8, 4) is 0 Å². The van der Waals surface area contributed by atoms with Gasteiger partial charge in [-0.05, 0) is 18.8 Å². The minimum Gasteiger partial charge on any atom is -0.379 e. The molecule has 0 aromatic carbocycles. The number of morpholine rings is 1. The smallest absolute Gasteiger partial charge is 0.191 e. The SMILES string of the molecule is CN=C(NCCCOC1CCOC1)NCC1CN(CC(C)C)CCO1. The number of aliphatic imine (C=N–C) groups is 1. The van der Waals surface area contributed by atoms with Gasteiger partial charge >= 0.3 is 0 Å². The largest absolute Gasteiger partial charge is 0.379 e. The second-order valence-corrected chi connectivity index (χ2v) is 7.24. The van der Waals surface area contributed by atoms with Gasteiger partial charge in [0.2, 0.25) is 0 Å². The summed E-state index contributed by atoms with van der Waals surface area (Å²) in [6.07, 6.45) is 2.48. The van der Waals surface area contributed by atoms with Crippen molar-refractivity contribution < 1.29 is 14.2 Å². The van der Waals surface area contributed by atoms with Crippen molar-refractivity contribution in [3.05, 3.63) is 0 Å².